The number of benzene rings is 1. The molecule has 0 radical (unpaired) electrons. The topological polar surface area (TPSA) is 75.4 Å². The molecule has 1 aromatic heterocycles. The predicted octanol–water partition coefficient (Wildman–Crippen LogP) is 2.13. The molecule has 6 nitrogen and oxygen atoms in total. The van der Waals surface area contributed by atoms with Gasteiger partial charge in [0.05, 0.1) is 5.92 Å². The van der Waals surface area contributed by atoms with Crippen molar-refractivity contribution in [3.63, 3.8) is 0 Å². The van der Waals surface area contributed by atoms with Gasteiger partial charge in [-0.05, 0) is 18.4 Å². The second-order valence-electron chi connectivity index (χ2n) is 7.16. The summed E-state index contributed by atoms with van der Waals surface area (Å²) < 4.78 is 1.81. The van der Waals surface area contributed by atoms with Gasteiger partial charge in [-0.1, -0.05) is 30.3 Å². The zero-order valence-corrected chi connectivity index (χ0v) is 14.1. The van der Waals surface area contributed by atoms with E-state index in [-0.39, 0.29) is 17.7 Å². The van der Waals surface area contributed by atoms with Gasteiger partial charge in [-0.3, -0.25) is 9.59 Å². The van der Waals surface area contributed by atoms with Crippen molar-refractivity contribution >= 4 is 11.9 Å². The van der Waals surface area contributed by atoms with Crippen LogP contribution >= 0.6 is 0 Å². The van der Waals surface area contributed by atoms with Gasteiger partial charge in [0.2, 0.25) is 5.91 Å². The van der Waals surface area contributed by atoms with Crippen LogP contribution in [0.15, 0.2) is 42.7 Å². The molecule has 4 rings (SSSR count). The van der Waals surface area contributed by atoms with Gasteiger partial charge in [0.1, 0.15) is 11.9 Å². The number of aromatic nitrogens is 2. The average Bonchev–Trinajstić information content (AvgIpc) is 3.17. The van der Waals surface area contributed by atoms with Crippen molar-refractivity contribution in [1.82, 2.24) is 14.5 Å². The van der Waals surface area contributed by atoms with E-state index in [4.69, 9.17) is 0 Å². The molecule has 0 spiro atoms. The molecule has 6 heteroatoms. The molecule has 0 bridgehead atoms. The van der Waals surface area contributed by atoms with E-state index in [1.165, 1.54) is 5.56 Å². The molecule has 2 fully saturated rings. The highest BCUT2D eigenvalue weighted by Gasteiger charge is 2.53. The SMILES string of the molecule is Cn1ccnc1[C@H]1[C@@H](C(=O)O)CC(=O)N1CC1(c2ccccc2)CC1. The highest BCUT2D eigenvalue weighted by molar-refractivity contribution is 5.87. The van der Waals surface area contributed by atoms with E-state index in [0.29, 0.717) is 12.4 Å². The lowest BCUT2D eigenvalue weighted by Gasteiger charge is -2.30. The third-order valence-electron chi connectivity index (χ3n) is 5.58. The maximum Gasteiger partial charge on any atom is 0.309 e. The minimum Gasteiger partial charge on any atom is -0.481 e. The first kappa shape index (κ1) is 15.9. The van der Waals surface area contributed by atoms with Gasteiger partial charge in [-0.25, -0.2) is 4.98 Å². The summed E-state index contributed by atoms with van der Waals surface area (Å²) in [6, 6.07) is 9.69. The van der Waals surface area contributed by atoms with Crippen LogP contribution in [-0.2, 0) is 22.1 Å². The Balaban J connectivity index is 1.68. The number of nitrogens with zero attached hydrogens (tertiary/aromatic N) is 3. The number of imidazole rings is 1. The Morgan fingerprint density at radius 3 is 2.60 bits per heavy atom. The Hall–Kier alpha value is -2.63. The van der Waals surface area contributed by atoms with Crippen LogP contribution in [0.1, 0.15) is 36.7 Å². The van der Waals surface area contributed by atoms with Crippen molar-refractivity contribution in [1.29, 1.82) is 0 Å². The van der Waals surface area contributed by atoms with Crippen molar-refractivity contribution < 1.29 is 14.7 Å². The minimum absolute atomic E-state index is 0.0394. The van der Waals surface area contributed by atoms with E-state index in [2.05, 4.69) is 17.1 Å². The summed E-state index contributed by atoms with van der Waals surface area (Å²) >= 11 is 0. The second-order valence-corrected chi connectivity index (χ2v) is 7.16. The van der Waals surface area contributed by atoms with E-state index in [1.807, 2.05) is 29.8 Å². The molecule has 1 aromatic carbocycles. The number of carbonyl (C=O) groups excluding carboxylic acids is 1. The molecular weight excluding hydrogens is 318 g/mol. The number of rotatable bonds is 5. The average molecular weight is 339 g/mol. The number of likely N-dealkylation sites (tertiary alicyclic amines) is 1. The van der Waals surface area contributed by atoms with Crippen LogP contribution in [-0.4, -0.2) is 38.0 Å². The van der Waals surface area contributed by atoms with Crippen molar-refractivity contribution in [2.45, 2.75) is 30.7 Å². The number of aryl methyl sites for hydroxylation is 1. The largest absolute Gasteiger partial charge is 0.481 e. The quantitative estimate of drug-likeness (QED) is 0.905. The van der Waals surface area contributed by atoms with Crippen LogP contribution in [0.4, 0.5) is 0 Å². The first-order chi connectivity index (χ1) is 12.0. The summed E-state index contributed by atoms with van der Waals surface area (Å²) in [5, 5.41) is 9.62. The van der Waals surface area contributed by atoms with Crippen molar-refractivity contribution in [2.24, 2.45) is 13.0 Å². The highest BCUT2D eigenvalue weighted by atomic mass is 16.4. The molecule has 130 valence electrons. The van der Waals surface area contributed by atoms with Crippen molar-refractivity contribution in [3.8, 4) is 0 Å². The monoisotopic (exact) mass is 339 g/mol. The van der Waals surface area contributed by atoms with Gasteiger partial charge >= 0.3 is 5.97 Å². The van der Waals surface area contributed by atoms with E-state index in [1.54, 1.807) is 17.3 Å². The molecule has 2 aliphatic rings. The Morgan fingerprint density at radius 1 is 1.32 bits per heavy atom. The molecular formula is C19H21N3O3. The number of aliphatic carboxylic acids is 1. The number of hydrogen-bond acceptors (Lipinski definition) is 3. The fraction of sp³-hybridized carbons (Fsp3) is 0.421. The van der Waals surface area contributed by atoms with Crippen LogP contribution in [0.3, 0.4) is 0 Å². The first-order valence-electron chi connectivity index (χ1n) is 8.57. The standard InChI is InChI=1S/C19H21N3O3/c1-21-10-9-20-17(21)16-14(18(24)25)11-15(23)22(16)12-19(7-8-19)13-5-3-2-4-6-13/h2-6,9-10,14,16H,7-8,11-12H2,1H3,(H,24,25)/t14-,16+/m0/s1. The normalized spacial score (nSPS) is 24.5. The number of amides is 1. The lowest BCUT2D eigenvalue weighted by atomic mass is 9.94. The molecule has 2 heterocycles. The lowest BCUT2D eigenvalue weighted by Crippen LogP contribution is -2.38. The maximum atomic E-state index is 12.7. The fourth-order valence-corrected chi connectivity index (χ4v) is 3.99. The van der Waals surface area contributed by atoms with Gasteiger partial charge < -0.3 is 14.6 Å². The van der Waals surface area contributed by atoms with Crippen molar-refractivity contribution in [2.75, 3.05) is 6.54 Å². The van der Waals surface area contributed by atoms with Crippen LogP contribution < -0.4 is 0 Å². The molecule has 1 saturated carbocycles. The Morgan fingerprint density at radius 2 is 2.04 bits per heavy atom. The Kier molecular flexibility index (Phi) is 3.63. The number of carboxylic acids is 1. The molecule has 1 aliphatic heterocycles. The van der Waals surface area contributed by atoms with Gasteiger partial charge in [0.15, 0.2) is 0 Å². The van der Waals surface area contributed by atoms with Gasteiger partial charge in [-0.2, -0.15) is 0 Å². The zero-order valence-electron chi connectivity index (χ0n) is 14.1. The molecule has 1 saturated heterocycles. The predicted molar refractivity (Wildman–Crippen MR) is 90.8 cm³/mol. The lowest BCUT2D eigenvalue weighted by molar-refractivity contribution is -0.142. The summed E-state index contributed by atoms with van der Waals surface area (Å²) in [5.41, 5.74) is 1.17. The van der Waals surface area contributed by atoms with E-state index < -0.39 is 17.9 Å². The smallest absolute Gasteiger partial charge is 0.309 e. The van der Waals surface area contributed by atoms with Crippen LogP contribution in [0.25, 0.3) is 0 Å². The molecule has 1 aliphatic carbocycles. The molecule has 2 atom stereocenters. The summed E-state index contributed by atoms with van der Waals surface area (Å²) in [6.07, 6.45) is 5.52. The minimum atomic E-state index is -0.937. The number of carbonyl (C=O) groups is 2. The van der Waals surface area contributed by atoms with Gasteiger partial charge in [0, 0.05) is 37.8 Å². The van der Waals surface area contributed by atoms with E-state index in [0.717, 1.165) is 12.8 Å². The van der Waals surface area contributed by atoms with Gasteiger partial charge in [-0.15, -0.1) is 0 Å². The summed E-state index contributed by atoms with van der Waals surface area (Å²) in [4.78, 5) is 30.5. The third kappa shape index (κ3) is 2.62. The summed E-state index contributed by atoms with van der Waals surface area (Å²) in [5.74, 6) is -1.14. The molecule has 1 N–H and O–H groups in total. The Labute approximate surface area is 146 Å². The molecule has 25 heavy (non-hydrogen) atoms. The highest BCUT2D eigenvalue weighted by Crippen LogP contribution is 2.51. The zero-order chi connectivity index (χ0) is 17.6. The van der Waals surface area contributed by atoms with Crippen LogP contribution in [0.5, 0.6) is 0 Å². The maximum absolute atomic E-state index is 12.7. The first-order valence-corrected chi connectivity index (χ1v) is 8.57. The Bertz CT molecular complexity index is 810. The third-order valence-corrected chi connectivity index (χ3v) is 5.58. The summed E-state index contributed by atoms with van der Waals surface area (Å²) in [6.45, 7) is 0.553. The number of carboxylic acid groups (broad SMARTS) is 1. The van der Waals surface area contributed by atoms with Crippen molar-refractivity contribution in [3.05, 3.63) is 54.1 Å². The van der Waals surface area contributed by atoms with Gasteiger partial charge in [0.25, 0.3) is 0 Å². The summed E-state index contributed by atoms with van der Waals surface area (Å²) in [7, 11) is 1.84. The fourth-order valence-electron chi connectivity index (χ4n) is 3.99. The second kappa shape index (κ2) is 5.72. The van der Waals surface area contributed by atoms with Crippen LogP contribution in [0.2, 0.25) is 0 Å². The number of hydrogen-bond donors (Lipinski definition) is 1. The molecule has 1 amide bonds. The molecule has 0 unspecified atom stereocenters. The van der Waals surface area contributed by atoms with Crippen LogP contribution in [0, 0.1) is 5.92 Å². The van der Waals surface area contributed by atoms with E-state index in [9.17, 15) is 14.7 Å². The van der Waals surface area contributed by atoms with E-state index >= 15 is 0 Å². The molecule has 2 aromatic rings.